The van der Waals surface area contributed by atoms with Crippen LogP contribution in [-0.4, -0.2) is 46.1 Å². The summed E-state index contributed by atoms with van der Waals surface area (Å²) in [5, 5.41) is 4.52. The number of halogens is 1. The maximum absolute atomic E-state index is 12.4. The summed E-state index contributed by atoms with van der Waals surface area (Å²) in [4.78, 5) is 18.4. The molecule has 5 nitrogen and oxygen atoms in total. The average molecular weight is 279 g/mol. The van der Waals surface area contributed by atoms with Gasteiger partial charge in [-0.25, -0.2) is 0 Å². The van der Waals surface area contributed by atoms with Crippen molar-refractivity contribution < 1.29 is 4.79 Å². The Morgan fingerprint density at radius 3 is 2.84 bits per heavy atom. The van der Waals surface area contributed by atoms with Gasteiger partial charge in [0.15, 0.2) is 0 Å². The molecule has 0 bridgehead atoms. The number of pyridine rings is 1. The number of carbonyl (C=O) groups excluding carboxylic acids is 1. The molecule has 19 heavy (non-hydrogen) atoms. The van der Waals surface area contributed by atoms with E-state index < -0.39 is 0 Å². The van der Waals surface area contributed by atoms with E-state index in [2.05, 4.69) is 10.1 Å². The summed E-state index contributed by atoms with van der Waals surface area (Å²) < 4.78 is 1.64. The third kappa shape index (κ3) is 3.19. The molecule has 0 saturated carbocycles. The molecule has 0 amide bonds. The number of ketones is 1. The van der Waals surface area contributed by atoms with Crippen LogP contribution < -0.4 is 0 Å². The lowest BCUT2D eigenvalue weighted by Crippen LogP contribution is -2.21. The Balaban J connectivity index is 2.29. The molecule has 0 aliphatic carbocycles. The first-order valence-corrected chi connectivity index (χ1v) is 6.28. The Morgan fingerprint density at radius 1 is 1.42 bits per heavy atom. The molecule has 0 unspecified atom stereocenters. The standard InChI is InChI=1S/C13H15ClN4O/c1-17(2)6-7-18-12(11(14)9-16-18)13(19)10-4-3-5-15-8-10/h3-5,8-9H,6-7H2,1-2H3. The van der Waals surface area contributed by atoms with Gasteiger partial charge in [-0.15, -0.1) is 0 Å². The molecule has 0 spiro atoms. The molecule has 0 atom stereocenters. The molecule has 0 saturated heterocycles. The predicted octanol–water partition coefficient (Wildman–Crippen LogP) is 1.72. The molecule has 0 fully saturated rings. The van der Waals surface area contributed by atoms with Gasteiger partial charge in [-0.05, 0) is 26.2 Å². The maximum atomic E-state index is 12.4. The molecular weight excluding hydrogens is 264 g/mol. The number of nitrogens with zero attached hydrogens (tertiary/aromatic N) is 4. The number of hydrogen-bond acceptors (Lipinski definition) is 4. The summed E-state index contributed by atoms with van der Waals surface area (Å²) in [6, 6.07) is 3.44. The van der Waals surface area contributed by atoms with E-state index in [9.17, 15) is 4.79 Å². The Bertz CT molecular complexity index is 565. The lowest BCUT2D eigenvalue weighted by molar-refractivity contribution is 0.102. The van der Waals surface area contributed by atoms with Gasteiger partial charge >= 0.3 is 0 Å². The first kappa shape index (κ1) is 13.7. The van der Waals surface area contributed by atoms with Crippen molar-refractivity contribution in [1.82, 2.24) is 19.7 Å². The number of rotatable bonds is 5. The molecule has 0 N–H and O–H groups in total. The van der Waals surface area contributed by atoms with Crippen molar-refractivity contribution in [2.75, 3.05) is 20.6 Å². The van der Waals surface area contributed by atoms with Gasteiger partial charge in [-0.2, -0.15) is 5.10 Å². The Labute approximate surface area is 116 Å². The minimum Gasteiger partial charge on any atom is -0.308 e. The number of carbonyl (C=O) groups is 1. The number of aromatic nitrogens is 3. The number of likely N-dealkylation sites (N-methyl/N-ethyl adjacent to an activating group) is 1. The molecule has 100 valence electrons. The van der Waals surface area contributed by atoms with Crippen LogP contribution in [0.3, 0.4) is 0 Å². The quantitative estimate of drug-likeness (QED) is 0.782. The first-order valence-electron chi connectivity index (χ1n) is 5.90. The average Bonchev–Trinajstić information content (AvgIpc) is 2.78. The maximum Gasteiger partial charge on any atom is 0.214 e. The van der Waals surface area contributed by atoms with Crippen molar-refractivity contribution in [2.24, 2.45) is 0 Å². The molecule has 0 aromatic carbocycles. The molecule has 2 heterocycles. The second-order valence-electron chi connectivity index (χ2n) is 4.44. The molecule has 2 rings (SSSR count). The van der Waals surface area contributed by atoms with Crippen molar-refractivity contribution >= 4 is 17.4 Å². The summed E-state index contributed by atoms with van der Waals surface area (Å²) in [5.74, 6) is -0.158. The third-order valence-electron chi connectivity index (χ3n) is 2.69. The third-order valence-corrected chi connectivity index (χ3v) is 2.97. The van der Waals surface area contributed by atoms with Crippen LogP contribution in [0.2, 0.25) is 5.02 Å². The van der Waals surface area contributed by atoms with E-state index >= 15 is 0 Å². The Morgan fingerprint density at radius 2 is 2.21 bits per heavy atom. The molecule has 6 heteroatoms. The zero-order valence-electron chi connectivity index (χ0n) is 10.9. The monoisotopic (exact) mass is 278 g/mol. The van der Waals surface area contributed by atoms with E-state index in [-0.39, 0.29) is 5.78 Å². The largest absolute Gasteiger partial charge is 0.308 e. The fourth-order valence-corrected chi connectivity index (χ4v) is 1.91. The number of hydrogen-bond donors (Lipinski definition) is 0. The molecular formula is C13H15ClN4O. The van der Waals surface area contributed by atoms with Gasteiger partial charge in [0.1, 0.15) is 5.69 Å². The molecule has 0 aliphatic rings. The van der Waals surface area contributed by atoms with E-state index in [0.29, 0.717) is 22.8 Å². The van der Waals surface area contributed by atoms with Crippen LogP contribution in [-0.2, 0) is 6.54 Å². The topological polar surface area (TPSA) is 51.0 Å². The van der Waals surface area contributed by atoms with Crippen LogP contribution in [0, 0.1) is 0 Å². The predicted molar refractivity (Wildman–Crippen MR) is 73.5 cm³/mol. The van der Waals surface area contributed by atoms with Crippen molar-refractivity contribution in [3.63, 3.8) is 0 Å². The van der Waals surface area contributed by atoms with Crippen molar-refractivity contribution in [3.05, 3.63) is 47.0 Å². The lowest BCUT2D eigenvalue weighted by atomic mass is 10.1. The van der Waals surface area contributed by atoms with Crippen LogP contribution >= 0.6 is 11.6 Å². The minimum absolute atomic E-state index is 0.158. The van der Waals surface area contributed by atoms with E-state index in [1.807, 2.05) is 19.0 Å². The zero-order valence-corrected chi connectivity index (χ0v) is 11.6. The molecule has 2 aromatic rings. The Kier molecular flexibility index (Phi) is 4.29. The zero-order chi connectivity index (χ0) is 13.8. The van der Waals surface area contributed by atoms with Gasteiger partial charge < -0.3 is 4.90 Å². The van der Waals surface area contributed by atoms with Gasteiger partial charge in [0.05, 0.1) is 17.8 Å². The SMILES string of the molecule is CN(C)CCn1ncc(Cl)c1C(=O)c1cccnc1. The highest BCUT2D eigenvalue weighted by molar-refractivity contribution is 6.34. The van der Waals surface area contributed by atoms with Crippen LogP contribution in [0.15, 0.2) is 30.7 Å². The van der Waals surface area contributed by atoms with Gasteiger partial charge in [0.2, 0.25) is 5.78 Å². The molecule has 0 radical (unpaired) electrons. The van der Waals surface area contributed by atoms with Gasteiger partial charge in [0, 0.05) is 24.5 Å². The summed E-state index contributed by atoms with van der Waals surface area (Å²) in [7, 11) is 3.93. The second kappa shape index (κ2) is 5.95. The van der Waals surface area contributed by atoms with E-state index in [4.69, 9.17) is 11.6 Å². The fourth-order valence-electron chi connectivity index (χ4n) is 1.69. The van der Waals surface area contributed by atoms with Crippen molar-refractivity contribution in [2.45, 2.75) is 6.54 Å². The van der Waals surface area contributed by atoms with Crippen LogP contribution in [0.1, 0.15) is 16.1 Å². The van der Waals surface area contributed by atoms with E-state index in [1.165, 1.54) is 12.4 Å². The fraction of sp³-hybridized carbons (Fsp3) is 0.308. The van der Waals surface area contributed by atoms with Crippen LogP contribution in [0.5, 0.6) is 0 Å². The van der Waals surface area contributed by atoms with Gasteiger partial charge in [-0.3, -0.25) is 14.5 Å². The first-order chi connectivity index (χ1) is 9.09. The Hall–Kier alpha value is -1.72. The highest BCUT2D eigenvalue weighted by Gasteiger charge is 2.19. The minimum atomic E-state index is -0.158. The lowest BCUT2D eigenvalue weighted by Gasteiger charge is -2.11. The van der Waals surface area contributed by atoms with Crippen LogP contribution in [0.25, 0.3) is 0 Å². The summed E-state index contributed by atoms with van der Waals surface area (Å²) in [6.07, 6.45) is 4.66. The highest BCUT2D eigenvalue weighted by atomic mass is 35.5. The molecule has 2 aromatic heterocycles. The summed E-state index contributed by atoms with van der Waals surface area (Å²) in [6.45, 7) is 1.40. The normalized spacial score (nSPS) is 10.9. The highest BCUT2D eigenvalue weighted by Crippen LogP contribution is 2.18. The van der Waals surface area contributed by atoms with Gasteiger partial charge in [0.25, 0.3) is 0 Å². The molecule has 0 aliphatic heterocycles. The van der Waals surface area contributed by atoms with Crippen molar-refractivity contribution in [1.29, 1.82) is 0 Å². The van der Waals surface area contributed by atoms with E-state index in [1.54, 1.807) is 23.0 Å². The van der Waals surface area contributed by atoms with Crippen LogP contribution in [0.4, 0.5) is 0 Å². The summed E-state index contributed by atoms with van der Waals surface area (Å²) in [5.41, 5.74) is 0.924. The smallest absolute Gasteiger partial charge is 0.214 e. The van der Waals surface area contributed by atoms with E-state index in [0.717, 1.165) is 6.54 Å². The van der Waals surface area contributed by atoms with Gasteiger partial charge in [-0.1, -0.05) is 11.6 Å². The van der Waals surface area contributed by atoms with Crippen molar-refractivity contribution in [3.8, 4) is 0 Å². The second-order valence-corrected chi connectivity index (χ2v) is 4.85. The summed E-state index contributed by atoms with van der Waals surface area (Å²) >= 11 is 6.07.